The predicted molar refractivity (Wildman–Crippen MR) is 245 cm³/mol. The maximum atomic E-state index is 12.6. The molecule has 0 aliphatic heterocycles. The molecule has 0 radical (unpaired) electrons. The number of carbonyl (C=O) groups is 3. The Hall–Kier alpha value is -2.56. The van der Waals surface area contributed by atoms with Gasteiger partial charge >= 0.3 is 25.7 Å². The minimum Gasteiger partial charge on any atom is -0.480 e. The average Bonchev–Trinajstić information content (AvgIpc) is 3.22. The number of hydrogen-bond acceptors (Lipinski definition) is 9. The van der Waals surface area contributed by atoms with E-state index in [9.17, 15) is 23.8 Å². The van der Waals surface area contributed by atoms with E-state index in [4.69, 9.17) is 24.8 Å². The summed E-state index contributed by atoms with van der Waals surface area (Å²) in [6, 6.07) is -1.53. The van der Waals surface area contributed by atoms with Crippen LogP contribution < -0.4 is 5.73 Å². The fourth-order valence-electron chi connectivity index (χ4n) is 6.30. The van der Waals surface area contributed by atoms with Gasteiger partial charge in [0.15, 0.2) is 6.10 Å². The number of unbranched alkanes of at least 4 members (excludes halogenated alkanes) is 22. The van der Waals surface area contributed by atoms with Crippen LogP contribution in [0.15, 0.2) is 48.6 Å². The van der Waals surface area contributed by atoms with Crippen molar-refractivity contribution >= 4 is 25.7 Å². The second-order valence-corrected chi connectivity index (χ2v) is 17.3. The summed E-state index contributed by atoms with van der Waals surface area (Å²) in [5.41, 5.74) is 5.34. The van der Waals surface area contributed by atoms with Gasteiger partial charge < -0.3 is 25.2 Å². The number of rotatable bonds is 44. The van der Waals surface area contributed by atoms with Crippen molar-refractivity contribution in [1.29, 1.82) is 0 Å². The molecule has 0 aliphatic rings. The standard InChI is InChI=1S/C48H86NO10P/c1-3-5-7-9-11-13-15-17-19-21-22-24-25-27-29-31-33-35-37-39-46(50)56-41-44(42-57-60(54,55)58-43-45(49)48(52)53)59-47(51)40-38-36-34-32-30-28-26-23-20-18-16-14-12-10-8-6-4-2/h12,14,17-20,26,28,44-45H,3-11,13,15-16,21-25,27,29-43,49H2,1-2H3,(H,52,53)(H,54,55)/b14-12+,19-17+,20-18+,28-26+/t44-,45+/m1/s1. The van der Waals surface area contributed by atoms with Crippen LogP contribution in [0.5, 0.6) is 0 Å². The monoisotopic (exact) mass is 868 g/mol. The van der Waals surface area contributed by atoms with Crippen molar-refractivity contribution in [2.75, 3.05) is 19.8 Å². The van der Waals surface area contributed by atoms with Crippen LogP contribution in [-0.4, -0.2) is 59.9 Å². The van der Waals surface area contributed by atoms with Crippen LogP contribution in [0.2, 0.25) is 0 Å². The summed E-state index contributed by atoms with van der Waals surface area (Å²) in [6.45, 7) is 2.76. The molecule has 0 aromatic heterocycles. The summed E-state index contributed by atoms with van der Waals surface area (Å²) in [5.74, 6) is -2.41. The van der Waals surface area contributed by atoms with Gasteiger partial charge in [0, 0.05) is 12.8 Å². The number of carboxylic acid groups (broad SMARTS) is 1. The van der Waals surface area contributed by atoms with Gasteiger partial charge in [-0.05, 0) is 77.0 Å². The van der Waals surface area contributed by atoms with Gasteiger partial charge in [-0.1, -0.05) is 165 Å². The Labute approximate surface area is 365 Å². The number of esters is 2. The first-order valence-corrected chi connectivity index (χ1v) is 25.2. The lowest BCUT2D eigenvalue weighted by Gasteiger charge is -2.20. The maximum Gasteiger partial charge on any atom is 0.472 e. The Kier molecular flexibility index (Phi) is 41.3. The molecular weight excluding hydrogens is 781 g/mol. The molecule has 0 rings (SSSR count). The van der Waals surface area contributed by atoms with Gasteiger partial charge in [-0.25, -0.2) is 4.57 Å². The van der Waals surface area contributed by atoms with Gasteiger partial charge in [0.25, 0.3) is 0 Å². The molecule has 0 bridgehead atoms. The van der Waals surface area contributed by atoms with E-state index < -0.39 is 51.1 Å². The Bertz CT molecular complexity index is 1200. The number of ether oxygens (including phenoxy) is 2. The van der Waals surface area contributed by atoms with Gasteiger partial charge in [0.05, 0.1) is 13.2 Å². The van der Waals surface area contributed by atoms with E-state index in [2.05, 4.69) is 67.0 Å². The van der Waals surface area contributed by atoms with E-state index in [1.807, 2.05) is 0 Å². The van der Waals surface area contributed by atoms with Gasteiger partial charge in [-0.15, -0.1) is 0 Å². The zero-order valence-electron chi connectivity index (χ0n) is 37.8. The highest BCUT2D eigenvalue weighted by Crippen LogP contribution is 2.43. The van der Waals surface area contributed by atoms with Crippen LogP contribution in [0.25, 0.3) is 0 Å². The zero-order valence-corrected chi connectivity index (χ0v) is 38.7. The number of nitrogens with two attached hydrogens (primary N) is 1. The highest BCUT2D eigenvalue weighted by Gasteiger charge is 2.28. The van der Waals surface area contributed by atoms with E-state index in [1.54, 1.807) is 0 Å². The highest BCUT2D eigenvalue weighted by atomic mass is 31.2. The van der Waals surface area contributed by atoms with Crippen molar-refractivity contribution in [1.82, 2.24) is 0 Å². The van der Waals surface area contributed by atoms with Gasteiger partial charge in [0.2, 0.25) is 0 Å². The highest BCUT2D eigenvalue weighted by molar-refractivity contribution is 7.47. The van der Waals surface area contributed by atoms with Crippen LogP contribution in [0, 0.1) is 0 Å². The minimum absolute atomic E-state index is 0.135. The van der Waals surface area contributed by atoms with Crippen molar-refractivity contribution in [2.45, 2.75) is 219 Å². The molecule has 60 heavy (non-hydrogen) atoms. The number of hydrogen-bond donors (Lipinski definition) is 3. The third-order valence-electron chi connectivity index (χ3n) is 10.0. The average molecular weight is 868 g/mol. The Morgan fingerprint density at radius 1 is 0.517 bits per heavy atom. The molecule has 0 aromatic rings. The summed E-state index contributed by atoms with van der Waals surface area (Å²) >= 11 is 0. The van der Waals surface area contributed by atoms with Crippen LogP contribution in [0.4, 0.5) is 0 Å². The third kappa shape index (κ3) is 42.1. The van der Waals surface area contributed by atoms with Crippen molar-refractivity contribution in [2.24, 2.45) is 5.73 Å². The summed E-state index contributed by atoms with van der Waals surface area (Å²) in [4.78, 5) is 46.1. The van der Waals surface area contributed by atoms with Crippen LogP contribution >= 0.6 is 7.82 Å². The number of phosphoric acid groups is 1. The Balaban J connectivity index is 4.34. The second-order valence-electron chi connectivity index (χ2n) is 15.9. The van der Waals surface area contributed by atoms with Crippen LogP contribution in [0.3, 0.4) is 0 Å². The van der Waals surface area contributed by atoms with Crippen molar-refractivity contribution in [3.8, 4) is 0 Å². The quantitative estimate of drug-likeness (QED) is 0.0230. The molecule has 3 atom stereocenters. The largest absolute Gasteiger partial charge is 0.480 e. The molecule has 0 aliphatic carbocycles. The number of phosphoric ester groups is 1. The lowest BCUT2D eigenvalue weighted by Crippen LogP contribution is -2.34. The van der Waals surface area contributed by atoms with Gasteiger partial charge in [-0.2, -0.15) is 0 Å². The molecule has 11 nitrogen and oxygen atoms in total. The molecule has 0 aromatic carbocycles. The molecule has 1 unspecified atom stereocenters. The van der Waals surface area contributed by atoms with Crippen molar-refractivity contribution < 1.29 is 47.5 Å². The lowest BCUT2D eigenvalue weighted by molar-refractivity contribution is -0.161. The maximum absolute atomic E-state index is 12.6. The van der Waals surface area contributed by atoms with E-state index in [1.165, 1.54) is 103 Å². The van der Waals surface area contributed by atoms with Crippen molar-refractivity contribution in [3.05, 3.63) is 48.6 Å². The molecule has 0 saturated heterocycles. The molecule has 0 heterocycles. The van der Waals surface area contributed by atoms with Crippen LogP contribution in [-0.2, 0) is 37.5 Å². The molecule has 0 saturated carbocycles. The summed E-state index contributed by atoms with van der Waals surface area (Å²) in [6.07, 6.45) is 48.8. The first kappa shape index (κ1) is 57.4. The number of aliphatic carboxylic acids is 1. The van der Waals surface area contributed by atoms with Gasteiger partial charge in [0.1, 0.15) is 12.6 Å². The zero-order chi connectivity index (χ0) is 44.2. The topological polar surface area (TPSA) is 172 Å². The van der Waals surface area contributed by atoms with Gasteiger partial charge in [-0.3, -0.25) is 23.4 Å². The molecular formula is C48H86NO10P. The molecule has 0 fully saturated rings. The fourth-order valence-corrected chi connectivity index (χ4v) is 7.08. The first-order chi connectivity index (χ1) is 29.1. The number of carboxylic acids is 1. The second kappa shape index (κ2) is 43.1. The first-order valence-electron chi connectivity index (χ1n) is 23.7. The fraction of sp³-hybridized carbons (Fsp3) is 0.771. The van der Waals surface area contributed by atoms with Crippen LogP contribution in [0.1, 0.15) is 206 Å². The smallest absolute Gasteiger partial charge is 0.472 e. The van der Waals surface area contributed by atoms with E-state index in [0.29, 0.717) is 12.8 Å². The number of carbonyl (C=O) groups excluding carboxylic acids is 2. The Morgan fingerprint density at radius 3 is 1.37 bits per heavy atom. The molecule has 4 N–H and O–H groups in total. The Morgan fingerprint density at radius 2 is 0.883 bits per heavy atom. The summed E-state index contributed by atoms with van der Waals surface area (Å²) in [7, 11) is -4.73. The SMILES string of the molecule is CCCCC/C=C/C/C=C/C/C=C/CCCCCCC(=O)O[C@H](COC(=O)CCCCCCCCCCC/C=C/CCCCCCCC)COP(=O)(O)OC[C@H](N)C(=O)O. The van der Waals surface area contributed by atoms with E-state index in [-0.39, 0.29) is 19.4 Å². The third-order valence-corrected chi connectivity index (χ3v) is 11.0. The minimum atomic E-state index is -4.73. The molecule has 12 heteroatoms. The van der Waals surface area contributed by atoms with Crippen molar-refractivity contribution in [3.63, 3.8) is 0 Å². The summed E-state index contributed by atoms with van der Waals surface area (Å²) < 4.78 is 32.7. The molecule has 0 spiro atoms. The predicted octanol–water partition coefficient (Wildman–Crippen LogP) is 13.0. The normalized spacial score (nSPS) is 14.1. The van der Waals surface area contributed by atoms with E-state index in [0.717, 1.165) is 64.2 Å². The summed E-state index contributed by atoms with van der Waals surface area (Å²) in [5, 5.41) is 8.90. The molecule has 348 valence electrons. The lowest BCUT2D eigenvalue weighted by atomic mass is 10.1. The van der Waals surface area contributed by atoms with E-state index >= 15 is 0 Å². The number of allylic oxidation sites excluding steroid dienone is 8. The molecule has 0 amide bonds.